The molecule has 4 aromatic rings. The Morgan fingerprint density at radius 3 is 2.71 bits per heavy atom. The molecule has 0 aliphatic carbocycles. The quantitative estimate of drug-likeness (QED) is 0.210. The summed E-state index contributed by atoms with van der Waals surface area (Å²) in [6, 6.07) is 8.07. The molecular weight excluding hydrogens is 721 g/mol. The number of piperazine rings is 1. The van der Waals surface area contributed by atoms with E-state index in [1.54, 1.807) is 36.5 Å². The fourth-order valence-corrected chi connectivity index (χ4v) is 9.57. The van der Waals surface area contributed by atoms with E-state index in [0.717, 1.165) is 68.9 Å². The maximum atomic E-state index is 13.9. The third-order valence-corrected chi connectivity index (χ3v) is 12.4. The molecule has 4 aliphatic rings. The minimum Gasteiger partial charge on any atom is -0.392 e. The van der Waals surface area contributed by atoms with E-state index in [0.29, 0.717) is 71.1 Å². The molecule has 0 saturated carbocycles. The number of aliphatic hydroxyl groups is 1. The van der Waals surface area contributed by atoms with E-state index in [1.807, 2.05) is 12.1 Å². The number of pyridine rings is 1. The summed E-state index contributed by atoms with van der Waals surface area (Å²) in [5.74, 6) is -0.0674. The van der Waals surface area contributed by atoms with Crippen LogP contribution in [0.25, 0.3) is 11.3 Å². The molecule has 4 aliphatic heterocycles. The zero-order chi connectivity index (χ0) is 38.2. The van der Waals surface area contributed by atoms with Gasteiger partial charge in [-0.05, 0) is 67.7 Å². The van der Waals surface area contributed by atoms with Crippen LogP contribution in [0, 0.1) is 0 Å². The number of thiophene rings is 1. The first-order valence-electron chi connectivity index (χ1n) is 18.9. The molecule has 0 bridgehead atoms. The van der Waals surface area contributed by atoms with Crippen LogP contribution in [0.4, 0.5) is 28.7 Å². The van der Waals surface area contributed by atoms with Crippen LogP contribution in [0.15, 0.2) is 54.1 Å². The summed E-state index contributed by atoms with van der Waals surface area (Å²) in [6.07, 6.45) is 7.98. The molecule has 2 fully saturated rings. The highest BCUT2D eigenvalue weighted by Gasteiger charge is 2.35. The number of hydrogen-bond donors (Lipinski definition) is 3. The van der Waals surface area contributed by atoms with E-state index in [-0.39, 0.29) is 29.2 Å². The number of carbonyl (C=O) groups excluding carboxylic acids is 2. The summed E-state index contributed by atoms with van der Waals surface area (Å²) in [4.78, 5) is 57.8. The molecule has 55 heavy (non-hydrogen) atoms. The van der Waals surface area contributed by atoms with Crippen molar-refractivity contribution in [2.24, 2.45) is 7.05 Å². The predicted molar refractivity (Wildman–Crippen MR) is 212 cm³/mol. The van der Waals surface area contributed by atoms with Gasteiger partial charge in [-0.1, -0.05) is 6.58 Å². The predicted octanol–water partition coefficient (Wildman–Crippen LogP) is 4.23. The van der Waals surface area contributed by atoms with Gasteiger partial charge >= 0.3 is 0 Å². The van der Waals surface area contributed by atoms with E-state index >= 15 is 0 Å². The molecule has 0 spiro atoms. The highest BCUT2D eigenvalue weighted by molar-refractivity contribution is 7.14. The monoisotopic (exact) mass is 766 g/mol. The number of aryl methyl sites for hydroxylation is 1. The molecule has 7 heterocycles. The minimum atomic E-state index is -0.396. The lowest BCUT2D eigenvalue weighted by Crippen LogP contribution is -2.56. The summed E-state index contributed by atoms with van der Waals surface area (Å²) in [6.45, 7) is 11.2. The highest BCUT2D eigenvalue weighted by Crippen LogP contribution is 2.39. The van der Waals surface area contributed by atoms with Gasteiger partial charge in [-0.25, -0.2) is 9.97 Å². The Morgan fingerprint density at radius 1 is 1.09 bits per heavy atom. The lowest BCUT2D eigenvalue weighted by Gasteiger charge is -2.45. The molecule has 14 nitrogen and oxygen atoms in total. The van der Waals surface area contributed by atoms with E-state index in [4.69, 9.17) is 14.5 Å². The minimum absolute atomic E-state index is 0.0551. The second-order valence-electron chi connectivity index (χ2n) is 14.5. The lowest BCUT2D eigenvalue weighted by atomic mass is 9.99. The second kappa shape index (κ2) is 15.7. The van der Waals surface area contributed by atoms with Gasteiger partial charge in [0, 0.05) is 99.0 Å². The molecule has 1 atom stereocenters. The third kappa shape index (κ3) is 7.18. The maximum Gasteiger partial charge on any atom is 0.293 e. The van der Waals surface area contributed by atoms with Crippen molar-refractivity contribution < 1.29 is 24.2 Å². The van der Waals surface area contributed by atoms with E-state index < -0.39 is 6.61 Å². The van der Waals surface area contributed by atoms with Crippen molar-refractivity contribution in [1.82, 2.24) is 19.4 Å². The Labute approximate surface area is 323 Å². The number of carbonyl (C=O) groups is 2. The van der Waals surface area contributed by atoms with Crippen molar-refractivity contribution in [2.45, 2.75) is 57.9 Å². The van der Waals surface area contributed by atoms with Crippen LogP contribution in [0.5, 0.6) is 0 Å². The van der Waals surface area contributed by atoms with Crippen molar-refractivity contribution >= 4 is 51.8 Å². The molecule has 2 amide bonds. The summed E-state index contributed by atoms with van der Waals surface area (Å²) < 4.78 is 12.7. The van der Waals surface area contributed by atoms with Crippen molar-refractivity contribution in [3.8, 4) is 11.3 Å². The Hall–Kier alpha value is -4.93. The zero-order valence-corrected chi connectivity index (χ0v) is 32.0. The van der Waals surface area contributed by atoms with Gasteiger partial charge in [0.05, 0.1) is 41.8 Å². The molecule has 288 valence electrons. The van der Waals surface area contributed by atoms with Crippen LogP contribution < -0.4 is 26.0 Å². The largest absolute Gasteiger partial charge is 0.392 e. The average Bonchev–Trinajstić information content (AvgIpc) is 3.59. The number of ether oxygens (including phenoxy) is 2. The van der Waals surface area contributed by atoms with Crippen LogP contribution in [-0.2, 0) is 47.4 Å². The Kier molecular flexibility index (Phi) is 10.5. The Morgan fingerprint density at radius 2 is 1.93 bits per heavy atom. The summed E-state index contributed by atoms with van der Waals surface area (Å²) in [5, 5.41) is 16.9. The Balaban J connectivity index is 1.07. The van der Waals surface area contributed by atoms with Crippen LogP contribution in [0.2, 0.25) is 0 Å². The number of rotatable bonds is 9. The van der Waals surface area contributed by atoms with Gasteiger partial charge < -0.3 is 34.7 Å². The summed E-state index contributed by atoms with van der Waals surface area (Å²) in [7, 11) is 1.64. The van der Waals surface area contributed by atoms with Gasteiger partial charge in [-0.2, -0.15) is 0 Å². The number of aliphatic hydroxyl groups excluding tert-OH is 1. The number of aromatic nitrogens is 3. The third-order valence-electron chi connectivity index (χ3n) is 11.1. The van der Waals surface area contributed by atoms with Crippen LogP contribution in [-0.4, -0.2) is 94.4 Å². The van der Waals surface area contributed by atoms with Crippen LogP contribution >= 0.6 is 11.3 Å². The summed E-state index contributed by atoms with van der Waals surface area (Å²) >= 11 is 1.53. The van der Waals surface area contributed by atoms with E-state index in [1.165, 1.54) is 26.9 Å². The number of nitrogens with one attached hydrogen (secondary N) is 2. The average molecular weight is 767 g/mol. The first-order chi connectivity index (χ1) is 26.7. The van der Waals surface area contributed by atoms with Gasteiger partial charge in [0.25, 0.3) is 11.5 Å². The molecule has 1 unspecified atom stereocenters. The molecule has 1 aromatic carbocycles. The molecule has 3 aromatic heterocycles. The first-order valence-corrected chi connectivity index (χ1v) is 19.7. The van der Waals surface area contributed by atoms with Crippen molar-refractivity contribution in [3.63, 3.8) is 0 Å². The smallest absolute Gasteiger partial charge is 0.293 e. The lowest BCUT2D eigenvalue weighted by molar-refractivity contribution is -0.111. The number of anilines is 5. The van der Waals surface area contributed by atoms with Gasteiger partial charge in [-0.15, -0.1) is 11.3 Å². The number of amides is 2. The van der Waals surface area contributed by atoms with E-state index in [9.17, 15) is 19.5 Å². The number of nitrogens with zero attached hydrogens (tertiary/aromatic N) is 6. The Bertz CT molecular complexity index is 2200. The van der Waals surface area contributed by atoms with Crippen molar-refractivity contribution in [1.29, 1.82) is 0 Å². The maximum absolute atomic E-state index is 13.9. The molecule has 0 radical (unpaired) electrons. The molecule has 3 N–H and O–H groups in total. The zero-order valence-electron chi connectivity index (χ0n) is 31.2. The van der Waals surface area contributed by atoms with Crippen LogP contribution in [0.1, 0.15) is 51.0 Å². The number of benzene rings is 1. The normalized spacial score (nSPS) is 19.2. The van der Waals surface area contributed by atoms with Gasteiger partial charge in [0.2, 0.25) is 5.91 Å². The van der Waals surface area contributed by atoms with Crippen LogP contribution in [0.3, 0.4) is 0 Å². The van der Waals surface area contributed by atoms with Gasteiger partial charge in [-0.3, -0.25) is 24.2 Å². The second-order valence-corrected chi connectivity index (χ2v) is 15.6. The topological polar surface area (TPSA) is 154 Å². The number of hydrogen-bond acceptors (Lipinski definition) is 12. The van der Waals surface area contributed by atoms with Crippen molar-refractivity contribution in [2.75, 3.05) is 66.4 Å². The van der Waals surface area contributed by atoms with Gasteiger partial charge in [0.1, 0.15) is 5.82 Å². The van der Waals surface area contributed by atoms with Gasteiger partial charge in [0.15, 0.2) is 5.82 Å². The molecular formula is C40H46N8O6S. The summed E-state index contributed by atoms with van der Waals surface area (Å²) in [5.41, 5.74) is 5.24. The molecule has 15 heteroatoms. The molecule has 2 saturated heterocycles. The first kappa shape index (κ1) is 37.0. The highest BCUT2D eigenvalue weighted by atomic mass is 32.1. The fourth-order valence-electron chi connectivity index (χ4n) is 8.29. The number of fused-ring (bicyclic) bond motifs is 3. The SMILES string of the molecule is C=CC(=O)Nc1cc(Nc2nc(-c3ccnc(N4CCc5c(sc6c5COCC6)C4=O)c3CO)cn(C)c2=O)ccc1N1CCN(C2CCOCC2)CC1C. The standard InChI is InChI=1S/C40H46N8O6S/c1-4-35(50)43-31-19-25(5-6-33(31)47-15-14-46(20-24(47)2)26-9-16-53-17-10-26)42-37-40(52)45(3)21-32(44-37)27-7-12-41-38(29(27)22-49)48-13-8-28-30-23-54-18-11-34(30)55-36(28)39(48)51/h4-7,12,19,21,24,26,49H,1,8-11,13-18,20,22-23H2,2-3H3,(H,42,44)(H,43,50). The van der Waals surface area contributed by atoms with Crippen molar-refractivity contribution in [3.05, 3.63) is 86.1 Å². The fraction of sp³-hybridized carbons (Fsp3) is 0.425. The van der Waals surface area contributed by atoms with E-state index in [2.05, 4.69) is 38.9 Å². The molecule has 8 rings (SSSR count).